The lowest BCUT2D eigenvalue weighted by atomic mass is 9.95. The van der Waals surface area contributed by atoms with Gasteiger partial charge >= 0.3 is 7.60 Å². The van der Waals surface area contributed by atoms with Crippen LogP contribution in [0.5, 0.6) is 5.75 Å². The molecule has 0 aliphatic heterocycles. The van der Waals surface area contributed by atoms with Gasteiger partial charge in [0.1, 0.15) is 11.1 Å². The Morgan fingerprint density at radius 3 is 2.17 bits per heavy atom. The van der Waals surface area contributed by atoms with Gasteiger partial charge in [0.2, 0.25) is 5.91 Å². The SMILES string of the molecule is CCOP(=O)(OCC)c1c(NC(=O)C(C)(C)C)cccc1OC. The number of amides is 1. The summed E-state index contributed by atoms with van der Waals surface area (Å²) in [4.78, 5) is 12.3. The predicted octanol–water partition coefficient (Wildman–Crippen LogP) is 3.57. The lowest BCUT2D eigenvalue weighted by molar-refractivity contribution is -0.123. The van der Waals surface area contributed by atoms with E-state index in [4.69, 9.17) is 13.8 Å². The largest absolute Gasteiger partial charge is 0.496 e. The van der Waals surface area contributed by atoms with Crippen LogP contribution >= 0.6 is 7.60 Å². The monoisotopic (exact) mass is 343 g/mol. The van der Waals surface area contributed by atoms with Crippen molar-refractivity contribution >= 4 is 24.5 Å². The van der Waals surface area contributed by atoms with Gasteiger partial charge in [-0.3, -0.25) is 9.36 Å². The third kappa shape index (κ3) is 4.80. The zero-order valence-corrected chi connectivity index (χ0v) is 15.5. The van der Waals surface area contributed by atoms with Gasteiger partial charge < -0.3 is 19.1 Å². The molecule has 0 aromatic heterocycles. The molecule has 0 atom stereocenters. The molecule has 1 aromatic rings. The Balaban J connectivity index is 3.43. The van der Waals surface area contributed by atoms with Crippen molar-refractivity contribution in [1.29, 1.82) is 0 Å². The number of anilines is 1. The molecule has 0 saturated heterocycles. The topological polar surface area (TPSA) is 73.9 Å². The number of carbonyl (C=O) groups is 1. The Kier molecular flexibility index (Phi) is 6.81. The average molecular weight is 343 g/mol. The van der Waals surface area contributed by atoms with Crippen molar-refractivity contribution in [3.63, 3.8) is 0 Å². The van der Waals surface area contributed by atoms with Crippen LogP contribution < -0.4 is 15.4 Å². The minimum atomic E-state index is -3.61. The summed E-state index contributed by atoms with van der Waals surface area (Å²) in [6, 6.07) is 5.03. The van der Waals surface area contributed by atoms with E-state index in [1.54, 1.807) is 52.8 Å². The van der Waals surface area contributed by atoms with Gasteiger partial charge in [0, 0.05) is 5.41 Å². The molecule has 130 valence electrons. The summed E-state index contributed by atoms with van der Waals surface area (Å²) >= 11 is 0. The molecule has 23 heavy (non-hydrogen) atoms. The van der Waals surface area contributed by atoms with E-state index in [0.717, 1.165) is 0 Å². The maximum atomic E-state index is 13.2. The first-order valence-corrected chi connectivity index (χ1v) is 9.12. The Hall–Kier alpha value is -1.36. The molecule has 0 fully saturated rings. The third-order valence-corrected chi connectivity index (χ3v) is 5.23. The summed E-state index contributed by atoms with van der Waals surface area (Å²) in [5.41, 5.74) is -0.226. The van der Waals surface area contributed by atoms with Crippen LogP contribution in [0.15, 0.2) is 18.2 Å². The molecule has 0 aliphatic rings. The number of benzene rings is 1. The number of methoxy groups -OCH3 is 1. The van der Waals surface area contributed by atoms with Crippen molar-refractivity contribution in [1.82, 2.24) is 0 Å². The van der Waals surface area contributed by atoms with E-state index in [1.165, 1.54) is 7.11 Å². The normalized spacial score (nSPS) is 12.1. The van der Waals surface area contributed by atoms with E-state index in [0.29, 0.717) is 11.4 Å². The van der Waals surface area contributed by atoms with Crippen molar-refractivity contribution in [2.45, 2.75) is 34.6 Å². The van der Waals surface area contributed by atoms with Crippen LogP contribution in [-0.2, 0) is 18.4 Å². The standard InChI is InChI=1S/C16H26NO5P/c1-7-21-23(19,22-8-2)14-12(10-9-11-13(14)20-6)17-15(18)16(3,4)5/h9-11H,7-8H2,1-6H3,(H,17,18). The number of ether oxygens (including phenoxy) is 1. The summed E-state index contributed by atoms with van der Waals surface area (Å²) in [6.07, 6.45) is 0. The molecule has 1 aromatic carbocycles. The van der Waals surface area contributed by atoms with E-state index in [2.05, 4.69) is 5.32 Å². The summed E-state index contributed by atoms with van der Waals surface area (Å²) in [6.45, 7) is 9.28. The van der Waals surface area contributed by atoms with E-state index in [1.807, 2.05) is 0 Å². The zero-order chi connectivity index (χ0) is 17.7. The smallest absolute Gasteiger partial charge is 0.367 e. The van der Waals surface area contributed by atoms with Crippen LogP contribution in [0.3, 0.4) is 0 Å². The fourth-order valence-electron chi connectivity index (χ4n) is 1.89. The second kappa shape index (κ2) is 7.95. The maximum absolute atomic E-state index is 13.2. The summed E-state index contributed by atoms with van der Waals surface area (Å²) in [7, 11) is -2.14. The third-order valence-electron chi connectivity index (χ3n) is 3.02. The quantitative estimate of drug-likeness (QED) is 0.766. The average Bonchev–Trinajstić information content (AvgIpc) is 2.46. The van der Waals surface area contributed by atoms with Crippen LogP contribution in [0.1, 0.15) is 34.6 Å². The van der Waals surface area contributed by atoms with E-state index in [9.17, 15) is 9.36 Å². The molecule has 6 nitrogen and oxygen atoms in total. The van der Waals surface area contributed by atoms with Crippen molar-refractivity contribution in [3.8, 4) is 5.75 Å². The van der Waals surface area contributed by atoms with Gasteiger partial charge in [-0.25, -0.2) is 0 Å². The van der Waals surface area contributed by atoms with Crippen LogP contribution in [0.4, 0.5) is 5.69 Å². The van der Waals surface area contributed by atoms with Crippen molar-refractivity contribution in [2.24, 2.45) is 5.41 Å². The zero-order valence-electron chi connectivity index (χ0n) is 14.6. The van der Waals surface area contributed by atoms with Gasteiger partial charge in [0.15, 0.2) is 0 Å². The van der Waals surface area contributed by atoms with Gasteiger partial charge in [-0.05, 0) is 26.0 Å². The van der Waals surface area contributed by atoms with Gasteiger partial charge in [0.25, 0.3) is 0 Å². The first kappa shape index (κ1) is 19.7. The Morgan fingerprint density at radius 2 is 1.74 bits per heavy atom. The lowest BCUT2D eigenvalue weighted by Crippen LogP contribution is -2.30. The molecule has 1 rings (SSSR count). The molecule has 0 saturated carbocycles. The summed E-state index contributed by atoms with van der Waals surface area (Å²) in [5, 5.41) is 3.04. The van der Waals surface area contributed by atoms with Crippen molar-refractivity contribution in [2.75, 3.05) is 25.6 Å². The Labute approximate surface area is 138 Å². The predicted molar refractivity (Wildman–Crippen MR) is 91.6 cm³/mol. The highest BCUT2D eigenvalue weighted by atomic mass is 31.2. The summed E-state index contributed by atoms with van der Waals surface area (Å²) in [5.74, 6) is 0.147. The molecule has 0 heterocycles. The maximum Gasteiger partial charge on any atom is 0.367 e. The number of nitrogens with one attached hydrogen (secondary N) is 1. The molecule has 0 aliphatic carbocycles. The molecule has 0 bridgehead atoms. The van der Waals surface area contributed by atoms with Crippen molar-refractivity contribution in [3.05, 3.63) is 18.2 Å². The van der Waals surface area contributed by atoms with Crippen LogP contribution in [-0.4, -0.2) is 26.2 Å². The first-order valence-electron chi connectivity index (χ1n) is 7.57. The molecule has 0 radical (unpaired) electrons. The van der Waals surface area contributed by atoms with Crippen LogP contribution in [0.2, 0.25) is 0 Å². The Morgan fingerprint density at radius 1 is 1.17 bits per heavy atom. The van der Waals surface area contributed by atoms with Gasteiger partial charge in [-0.15, -0.1) is 0 Å². The van der Waals surface area contributed by atoms with E-state index in [-0.39, 0.29) is 24.4 Å². The number of hydrogen-bond donors (Lipinski definition) is 1. The fourth-order valence-corrected chi connectivity index (χ4v) is 3.76. The van der Waals surface area contributed by atoms with Crippen LogP contribution in [0, 0.1) is 5.41 Å². The van der Waals surface area contributed by atoms with Gasteiger partial charge in [-0.2, -0.15) is 0 Å². The molecule has 7 heteroatoms. The second-order valence-corrected chi connectivity index (χ2v) is 7.85. The van der Waals surface area contributed by atoms with Crippen molar-refractivity contribution < 1.29 is 23.1 Å². The molecule has 1 amide bonds. The van der Waals surface area contributed by atoms with Crippen LogP contribution in [0.25, 0.3) is 0 Å². The summed E-state index contributed by atoms with van der Waals surface area (Å²) < 4.78 is 29.3. The lowest BCUT2D eigenvalue weighted by Gasteiger charge is -2.24. The first-order chi connectivity index (χ1) is 10.7. The van der Waals surface area contributed by atoms with Gasteiger partial charge in [-0.1, -0.05) is 26.8 Å². The highest BCUT2D eigenvalue weighted by Crippen LogP contribution is 2.51. The minimum absolute atomic E-state index is 0.202. The number of carbonyl (C=O) groups excluding carboxylic acids is 1. The molecule has 0 unspecified atom stereocenters. The molecular weight excluding hydrogens is 317 g/mol. The van der Waals surface area contributed by atoms with E-state index >= 15 is 0 Å². The highest BCUT2D eigenvalue weighted by molar-refractivity contribution is 7.62. The Bertz CT molecular complexity index is 585. The van der Waals surface area contributed by atoms with E-state index < -0.39 is 13.0 Å². The highest BCUT2D eigenvalue weighted by Gasteiger charge is 2.35. The minimum Gasteiger partial charge on any atom is -0.496 e. The molecule has 0 spiro atoms. The second-order valence-electron chi connectivity index (χ2n) is 5.89. The number of rotatable bonds is 7. The fraction of sp³-hybridized carbons (Fsp3) is 0.562. The number of hydrogen-bond acceptors (Lipinski definition) is 5. The molecule has 1 N–H and O–H groups in total. The molecular formula is C16H26NO5P. The van der Waals surface area contributed by atoms with Gasteiger partial charge in [0.05, 0.1) is 26.0 Å².